The smallest absolute Gasteiger partial charge is 0.401 e. The van der Waals surface area contributed by atoms with Crippen LogP contribution in [0.2, 0.25) is 0 Å². The van der Waals surface area contributed by atoms with Gasteiger partial charge in [0, 0.05) is 23.2 Å². The van der Waals surface area contributed by atoms with Crippen LogP contribution in [0.4, 0.5) is 19.0 Å². The first kappa shape index (κ1) is 20.4. The first-order valence-electron chi connectivity index (χ1n) is 9.11. The average molecular weight is 435 g/mol. The number of thiophene rings is 1. The van der Waals surface area contributed by atoms with E-state index in [2.05, 4.69) is 10.1 Å². The third kappa shape index (κ3) is 3.80. The molecule has 3 heterocycles. The summed E-state index contributed by atoms with van der Waals surface area (Å²) in [5.74, 6) is 1.02. The van der Waals surface area contributed by atoms with Crippen molar-refractivity contribution in [3.63, 3.8) is 0 Å². The number of aryl methyl sites for hydroxylation is 1. The maximum atomic E-state index is 12.9. The number of hydrogen-bond acceptors (Lipinski definition) is 6. The van der Waals surface area contributed by atoms with Crippen LogP contribution in [0.1, 0.15) is 11.1 Å². The summed E-state index contributed by atoms with van der Waals surface area (Å²) in [7, 11) is 3.05. The zero-order chi connectivity index (χ0) is 21.6. The van der Waals surface area contributed by atoms with E-state index in [1.54, 1.807) is 17.8 Å². The number of nitrogen functional groups attached to an aromatic ring is 1. The lowest BCUT2D eigenvalue weighted by Crippen LogP contribution is -2.30. The molecule has 0 saturated carbocycles. The fourth-order valence-electron chi connectivity index (χ4n) is 3.67. The number of halogens is 3. The number of rotatable bonds is 5. The quantitative estimate of drug-likeness (QED) is 0.500. The monoisotopic (exact) mass is 435 g/mol. The number of anilines is 1. The minimum Gasteiger partial charge on any atom is -0.495 e. The number of ether oxygens (including phenoxy) is 1. The van der Waals surface area contributed by atoms with Crippen LogP contribution in [-0.2, 0) is 6.54 Å². The highest BCUT2D eigenvalue weighted by molar-refractivity contribution is 7.22. The van der Waals surface area contributed by atoms with Crippen LogP contribution in [0, 0.1) is 6.92 Å². The van der Waals surface area contributed by atoms with E-state index in [1.807, 2.05) is 25.1 Å². The highest BCUT2D eigenvalue weighted by Crippen LogP contribution is 2.43. The number of fused-ring (bicyclic) bond motifs is 2. The van der Waals surface area contributed by atoms with Crippen molar-refractivity contribution in [3.05, 3.63) is 41.9 Å². The Kier molecular flexibility index (Phi) is 5.07. The fraction of sp³-hybridized carbons (Fsp3) is 0.300. The molecular weight excluding hydrogens is 415 g/mol. The van der Waals surface area contributed by atoms with E-state index in [4.69, 9.17) is 10.5 Å². The van der Waals surface area contributed by atoms with Crippen LogP contribution < -0.4 is 10.5 Å². The number of methoxy groups -OCH3 is 1. The van der Waals surface area contributed by atoms with Crippen molar-refractivity contribution < 1.29 is 17.9 Å². The molecule has 0 unspecified atom stereocenters. The van der Waals surface area contributed by atoms with Crippen LogP contribution in [0.25, 0.3) is 26.0 Å². The molecule has 0 amide bonds. The molecule has 0 aliphatic carbocycles. The summed E-state index contributed by atoms with van der Waals surface area (Å²) in [6.45, 7) is 1.05. The molecule has 4 aromatic rings. The van der Waals surface area contributed by atoms with Crippen molar-refractivity contribution in [2.75, 3.05) is 26.4 Å². The molecule has 4 rings (SSSR count). The number of nitrogens with zero attached hydrogens (tertiary/aromatic N) is 4. The normalized spacial score (nSPS) is 12.4. The Balaban J connectivity index is 1.90. The Morgan fingerprint density at radius 3 is 2.73 bits per heavy atom. The Hall–Kier alpha value is -2.85. The van der Waals surface area contributed by atoms with E-state index in [-0.39, 0.29) is 12.4 Å². The third-order valence-electron chi connectivity index (χ3n) is 4.76. The summed E-state index contributed by atoms with van der Waals surface area (Å²) < 4.78 is 46.6. The van der Waals surface area contributed by atoms with E-state index < -0.39 is 12.7 Å². The van der Waals surface area contributed by atoms with Gasteiger partial charge in [0.25, 0.3) is 0 Å². The summed E-state index contributed by atoms with van der Waals surface area (Å²) in [6.07, 6.45) is -1.25. The summed E-state index contributed by atoms with van der Waals surface area (Å²) in [6, 6.07) is 6.01. The molecule has 0 aliphatic heterocycles. The van der Waals surface area contributed by atoms with Gasteiger partial charge in [-0.05, 0) is 42.6 Å². The van der Waals surface area contributed by atoms with Crippen LogP contribution in [0.3, 0.4) is 0 Å². The molecule has 0 aliphatic rings. The number of aromatic nitrogens is 3. The van der Waals surface area contributed by atoms with Gasteiger partial charge in [0.05, 0.1) is 18.4 Å². The van der Waals surface area contributed by atoms with E-state index in [0.717, 1.165) is 31.8 Å². The molecule has 1 aromatic carbocycles. The molecule has 6 nitrogen and oxygen atoms in total. The molecule has 0 saturated heterocycles. The molecule has 158 valence electrons. The minimum atomic E-state index is -4.28. The minimum absolute atomic E-state index is 0.0854. The van der Waals surface area contributed by atoms with Gasteiger partial charge in [-0.15, -0.1) is 11.3 Å². The van der Waals surface area contributed by atoms with Gasteiger partial charge >= 0.3 is 6.18 Å². The van der Waals surface area contributed by atoms with E-state index in [1.165, 1.54) is 29.6 Å². The third-order valence-corrected chi connectivity index (χ3v) is 5.95. The van der Waals surface area contributed by atoms with Crippen molar-refractivity contribution in [1.29, 1.82) is 0 Å². The second-order valence-corrected chi connectivity index (χ2v) is 8.30. The number of benzene rings is 1. The largest absolute Gasteiger partial charge is 0.495 e. The summed E-state index contributed by atoms with van der Waals surface area (Å²) >= 11 is 1.50. The number of nitrogens with two attached hydrogens (primary N) is 1. The van der Waals surface area contributed by atoms with Gasteiger partial charge in [0.1, 0.15) is 17.6 Å². The Morgan fingerprint density at radius 2 is 2.03 bits per heavy atom. The molecule has 3 aromatic heterocycles. The summed E-state index contributed by atoms with van der Waals surface area (Å²) in [4.78, 5) is 6.17. The first-order chi connectivity index (χ1) is 14.2. The van der Waals surface area contributed by atoms with Crippen molar-refractivity contribution in [2.24, 2.45) is 0 Å². The van der Waals surface area contributed by atoms with Gasteiger partial charge in [0.2, 0.25) is 0 Å². The van der Waals surface area contributed by atoms with Gasteiger partial charge in [-0.25, -0.2) is 9.50 Å². The first-order valence-corrected chi connectivity index (χ1v) is 9.92. The zero-order valence-corrected chi connectivity index (χ0v) is 17.4. The van der Waals surface area contributed by atoms with Gasteiger partial charge in [-0.1, -0.05) is 6.07 Å². The predicted molar refractivity (Wildman–Crippen MR) is 112 cm³/mol. The molecule has 0 radical (unpaired) electrons. The Labute approximate surface area is 174 Å². The van der Waals surface area contributed by atoms with Crippen LogP contribution in [0.15, 0.2) is 30.7 Å². The van der Waals surface area contributed by atoms with Crippen LogP contribution >= 0.6 is 11.3 Å². The maximum absolute atomic E-state index is 12.9. The standard InChI is InChI=1S/C20H20F3N5OS/c1-11-4-12-6-15(30-18(12)14(5-11)29-3)16-13(7-27(2)9-20(21,22)23)8-28-17(16)19(24)25-10-26-28/h4-6,8,10H,7,9H2,1-3H3,(H2,24,25,26). The Morgan fingerprint density at radius 1 is 1.27 bits per heavy atom. The lowest BCUT2D eigenvalue weighted by molar-refractivity contribution is -0.144. The molecular formula is C20H20F3N5OS. The second-order valence-electron chi connectivity index (χ2n) is 7.25. The molecule has 0 fully saturated rings. The topological polar surface area (TPSA) is 68.7 Å². The number of alkyl halides is 3. The number of hydrogen-bond donors (Lipinski definition) is 1. The lowest BCUT2D eigenvalue weighted by Gasteiger charge is -2.18. The van der Waals surface area contributed by atoms with E-state index in [9.17, 15) is 13.2 Å². The molecule has 10 heteroatoms. The summed E-state index contributed by atoms with van der Waals surface area (Å²) in [5.41, 5.74) is 9.19. The van der Waals surface area contributed by atoms with Crippen molar-refractivity contribution >= 4 is 32.8 Å². The molecule has 2 N–H and O–H groups in total. The SMILES string of the molecule is COc1cc(C)cc2cc(-c3c(CN(C)CC(F)(F)F)cn4ncnc(N)c34)sc12. The average Bonchev–Trinajstić information content (AvgIpc) is 3.20. The van der Waals surface area contributed by atoms with Gasteiger partial charge in [-0.2, -0.15) is 18.3 Å². The van der Waals surface area contributed by atoms with Gasteiger partial charge in [0.15, 0.2) is 5.82 Å². The molecule has 0 atom stereocenters. The lowest BCUT2D eigenvalue weighted by atomic mass is 10.1. The maximum Gasteiger partial charge on any atom is 0.401 e. The van der Waals surface area contributed by atoms with Crippen molar-refractivity contribution in [3.8, 4) is 16.2 Å². The molecule has 0 spiro atoms. The zero-order valence-electron chi connectivity index (χ0n) is 16.6. The highest BCUT2D eigenvalue weighted by Gasteiger charge is 2.30. The summed E-state index contributed by atoms with van der Waals surface area (Å²) in [5, 5.41) is 5.19. The molecule has 30 heavy (non-hydrogen) atoms. The second kappa shape index (κ2) is 7.44. The van der Waals surface area contributed by atoms with E-state index >= 15 is 0 Å². The Bertz CT molecular complexity index is 1230. The van der Waals surface area contributed by atoms with Crippen LogP contribution in [-0.4, -0.2) is 46.4 Å². The predicted octanol–water partition coefficient (Wildman–Crippen LogP) is 4.50. The van der Waals surface area contributed by atoms with Gasteiger partial charge < -0.3 is 10.5 Å². The van der Waals surface area contributed by atoms with Gasteiger partial charge in [-0.3, -0.25) is 4.90 Å². The van der Waals surface area contributed by atoms with Crippen molar-refractivity contribution in [2.45, 2.75) is 19.6 Å². The van der Waals surface area contributed by atoms with E-state index in [0.29, 0.717) is 11.1 Å². The molecule has 0 bridgehead atoms. The van der Waals surface area contributed by atoms with Crippen molar-refractivity contribution in [1.82, 2.24) is 19.5 Å². The van der Waals surface area contributed by atoms with Crippen LogP contribution in [0.5, 0.6) is 5.75 Å². The fourth-order valence-corrected chi connectivity index (χ4v) is 4.89. The highest BCUT2D eigenvalue weighted by atomic mass is 32.1.